The second-order valence-electron chi connectivity index (χ2n) is 4.29. The standard InChI is InChI=1S/C15H13FN2OS/c16-14-7-6-12(9-11(14)10-17)18-15(19)5-1-3-13-4-2-8-20-13/h2,4,6-9H,1,3,5H2,(H,18,19). The van der Waals surface area contributed by atoms with Gasteiger partial charge in [-0.2, -0.15) is 5.26 Å². The number of aryl methyl sites for hydroxylation is 1. The smallest absolute Gasteiger partial charge is 0.224 e. The Morgan fingerprint density at radius 3 is 2.95 bits per heavy atom. The maximum Gasteiger partial charge on any atom is 0.224 e. The Bertz CT molecular complexity index is 632. The third-order valence-corrected chi connectivity index (χ3v) is 3.71. The van der Waals surface area contributed by atoms with E-state index in [-0.39, 0.29) is 11.5 Å². The number of carbonyl (C=O) groups excluding carboxylic acids is 1. The van der Waals surface area contributed by atoms with Gasteiger partial charge in [0, 0.05) is 17.0 Å². The summed E-state index contributed by atoms with van der Waals surface area (Å²) in [6.07, 6.45) is 2.04. The molecule has 0 radical (unpaired) electrons. The zero-order chi connectivity index (χ0) is 14.4. The van der Waals surface area contributed by atoms with Crippen molar-refractivity contribution in [2.75, 3.05) is 5.32 Å². The molecule has 1 N–H and O–H groups in total. The lowest BCUT2D eigenvalue weighted by Gasteiger charge is -2.05. The Morgan fingerprint density at radius 2 is 2.25 bits per heavy atom. The summed E-state index contributed by atoms with van der Waals surface area (Å²) < 4.78 is 13.1. The van der Waals surface area contributed by atoms with E-state index in [1.807, 2.05) is 17.5 Å². The van der Waals surface area contributed by atoms with Crippen LogP contribution in [0, 0.1) is 17.1 Å². The molecule has 0 aliphatic carbocycles. The fraction of sp³-hybridized carbons (Fsp3) is 0.200. The van der Waals surface area contributed by atoms with Crippen molar-refractivity contribution in [1.82, 2.24) is 0 Å². The number of rotatable bonds is 5. The van der Waals surface area contributed by atoms with Gasteiger partial charge < -0.3 is 5.32 Å². The van der Waals surface area contributed by atoms with E-state index in [0.717, 1.165) is 12.8 Å². The topological polar surface area (TPSA) is 52.9 Å². The average molecular weight is 288 g/mol. The van der Waals surface area contributed by atoms with Crippen LogP contribution in [0.4, 0.5) is 10.1 Å². The highest BCUT2D eigenvalue weighted by atomic mass is 32.1. The van der Waals surface area contributed by atoms with E-state index in [1.165, 1.54) is 23.1 Å². The number of nitriles is 1. The summed E-state index contributed by atoms with van der Waals surface area (Å²) in [5.41, 5.74) is 0.380. The lowest BCUT2D eigenvalue weighted by Crippen LogP contribution is -2.11. The van der Waals surface area contributed by atoms with E-state index in [4.69, 9.17) is 5.26 Å². The predicted molar refractivity (Wildman–Crippen MR) is 77.0 cm³/mol. The first-order chi connectivity index (χ1) is 9.69. The van der Waals surface area contributed by atoms with Gasteiger partial charge in [0.1, 0.15) is 11.9 Å². The van der Waals surface area contributed by atoms with Crippen LogP contribution in [0.2, 0.25) is 0 Å². The van der Waals surface area contributed by atoms with Crippen LogP contribution in [0.3, 0.4) is 0 Å². The first-order valence-electron chi connectivity index (χ1n) is 6.21. The highest BCUT2D eigenvalue weighted by Crippen LogP contribution is 2.15. The van der Waals surface area contributed by atoms with Crippen LogP contribution in [0.1, 0.15) is 23.3 Å². The molecule has 0 bridgehead atoms. The van der Waals surface area contributed by atoms with E-state index in [9.17, 15) is 9.18 Å². The summed E-state index contributed by atoms with van der Waals surface area (Å²) in [6, 6.07) is 9.75. The maximum atomic E-state index is 13.1. The van der Waals surface area contributed by atoms with Crippen molar-refractivity contribution in [2.24, 2.45) is 0 Å². The van der Waals surface area contributed by atoms with Crippen LogP contribution < -0.4 is 5.32 Å². The number of hydrogen-bond donors (Lipinski definition) is 1. The second-order valence-corrected chi connectivity index (χ2v) is 5.32. The van der Waals surface area contributed by atoms with Gasteiger partial charge in [0.15, 0.2) is 0 Å². The van der Waals surface area contributed by atoms with E-state index >= 15 is 0 Å². The third kappa shape index (κ3) is 3.90. The number of benzene rings is 1. The number of thiophene rings is 1. The first-order valence-corrected chi connectivity index (χ1v) is 7.09. The fourth-order valence-corrected chi connectivity index (χ4v) is 2.54. The van der Waals surface area contributed by atoms with Crippen LogP contribution in [0.15, 0.2) is 35.7 Å². The monoisotopic (exact) mass is 288 g/mol. The Morgan fingerprint density at radius 1 is 1.40 bits per heavy atom. The zero-order valence-corrected chi connectivity index (χ0v) is 11.5. The van der Waals surface area contributed by atoms with Gasteiger partial charge in [-0.15, -0.1) is 11.3 Å². The molecule has 102 valence electrons. The van der Waals surface area contributed by atoms with Crippen LogP contribution >= 0.6 is 11.3 Å². The van der Waals surface area contributed by atoms with Crippen molar-refractivity contribution >= 4 is 22.9 Å². The van der Waals surface area contributed by atoms with E-state index in [0.29, 0.717) is 12.1 Å². The molecule has 1 aromatic heterocycles. The van der Waals surface area contributed by atoms with Gasteiger partial charge in [0.25, 0.3) is 0 Å². The molecule has 1 aromatic carbocycles. The molecular formula is C15H13FN2OS. The summed E-state index contributed by atoms with van der Waals surface area (Å²) in [5.74, 6) is -0.708. The number of nitrogens with zero attached hydrogens (tertiary/aromatic N) is 1. The van der Waals surface area contributed by atoms with Gasteiger partial charge in [0.05, 0.1) is 5.56 Å². The Kier molecular flexibility index (Phi) is 4.85. The van der Waals surface area contributed by atoms with E-state index in [2.05, 4.69) is 5.32 Å². The SMILES string of the molecule is N#Cc1cc(NC(=O)CCCc2cccs2)ccc1F. The molecule has 0 fully saturated rings. The molecule has 0 atom stereocenters. The molecule has 1 heterocycles. The molecule has 5 heteroatoms. The number of anilines is 1. The van der Waals surface area contributed by atoms with Crippen LogP contribution in [0.25, 0.3) is 0 Å². The third-order valence-electron chi connectivity index (χ3n) is 2.78. The minimum atomic E-state index is -0.580. The number of hydrogen-bond acceptors (Lipinski definition) is 3. The lowest BCUT2D eigenvalue weighted by molar-refractivity contribution is -0.116. The summed E-state index contributed by atoms with van der Waals surface area (Å²) >= 11 is 1.68. The molecule has 0 aliphatic rings. The molecule has 0 saturated heterocycles. The predicted octanol–water partition coefficient (Wildman–Crippen LogP) is 3.72. The molecule has 0 spiro atoms. The summed E-state index contributed by atoms with van der Waals surface area (Å²) in [7, 11) is 0. The normalized spacial score (nSPS) is 10.0. The number of amides is 1. The van der Waals surface area contributed by atoms with E-state index in [1.54, 1.807) is 17.4 Å². The quantitative estimate of drug-likeness (QED) is 0.911. The molecule has 20 heavy (non-hydrogen) atoms. The fourth-order valence-electron chi connectivity index (χ4n) is 1.79. The van der Waals surface area contributed by atoms with Crippen LogP contribution in [0.5, 0.6) is 0 Å². The van der Waals surface area contributed by atoms with Gasteiger partial charge in [-0.05, 0) is 42.5 Å². The molecular weight excluding hydrogens is 275 g/mol. The highest BCUT2D eigenvalue weighted by Gasteiger charge is 2.06. The largest absolute Gasteiger partial charge is 0.326 e. The number of nitrogens with one attached hydrogen (secondary N) is 1. The van der Waals surface area contributed by atoms with Crippen molar-refractivity contribution in [1.29, 1.82) is 5.26 Å². The van der Waals surface area contributed by atoms with Gasteiger partial charge >= 0.3 is 0 Å². The minimum absolute atomic E-state index is 0.0682. The number of carbonyl (C=O) groups is 1. The molecule has 3 nitrogen and oxygen atoms in total. The summed E-state index contributed by atoms with van der Waals surface area (Å²) in [4.78, 5) is 13.0. The molecule has 0 unspecified atom stereocenters. The Hall–Kier alpha value is -2.19. The van der Waals surface area contributed by atoms with E-state index < -0.39 is 5.82 Å². The van der Waals surface area contributed by atoms with Gasteiger partial charge in [-0.1, -0.05) is 6.07 Å². The molecule has 1 amide bonds. The molecule has 2 rings (SSSR count). The molecule has 0 saturated carbocycles. The van der Waals surface area contributed by atoms with Crippen molar-refractivity contribution in [3.05, 3.63) is 52.0 Å². The van der Waals surface area contributed by atoms with Gasteiger partial charge in [-0.25, -0.2) is 4.39 Å². The highest BCUT2D eigenvalue weighted by molar-refractivity contribution is 7.09. The van der Waals surface area contributed by atoms with Gasteiger partial charge in [0.2, 0.25) is 5.91 Å². The minimum Gasteiger partial charge on any atom is -0.326 e. The zero-order valence-electron chi connectivity index (χ0n) is 10.7. The number of halogens is 1. The lowest BCUT2D eigenvalue weighted by atomic mass is 10.2. The van der Waals surface area contributed by atoms with Crippen LogP contribution in [-0.2, 0) is 11.2 Å². The van der Waals surface area contributed by atoms with Crippen LogP contribution in [-0.4, -0.2) is 5.91 Å². The van der Waals surface area contributed by atoms with Crippen molar-refractivity contribution < 1.29 is 9.18 Å². The second kappa shape index (κ2) is 6.83. The Balaban J connectivity index is 1.84. The average Bonchev–Trinajstić information content (AvgIpc) is 2.94. The van der Waals surface area contributed by atoms with Crippen molar-refractivity contribution in [2.45, 2.75) is 19.3 Å². The van der Waals surface area contributed by atoms with Crippen molar-refractivity contribution in [3.8, 4) is 6.07 Å². The summed E-state index contributed by atoms with van der Waals surface area (Å²) in [6.45, 7) is 0. The summed E-state index contributed by atoms with van der Waals surface area (Å²) in [5, 5.41) is 13.4. The Labute approximate surface area is 120 Å². The molecule has 0 aliphatic heterocycles. The first kappa shape index (κ1) is 14.2. The maximum absolute atomic E-state index is 13.1. The van der Waals surface area contributed by atoms with Crippen molar-refractivity contribution in [3.63, 3.8) is 0 Å². The molecule has 2 aromatic rings. The van der Waals surface area contributed by atoms with Gasteiger partial charge in [-0.3, -0.25) is 4.79 Å².